The number of rotatable bonds is 10. The number of carbonyl (C=O) groups excluding carboxylic acids is 1. The van der Waals surface area contributed by atoms with Gasteiger partial charge in [0.05, 0.1) is 37.6 Å². The third-order valence-electron chi connectivity index (χ3n) is 8.45. The molecule has 0 saturated heterocycles. The lowest BCUT2D eigenvalue weighted by molar-refractivity contribution is 0.112. The van der Waals surface area contributed by atoms with Crippen LogP contribution in [0.4, 0.5) is 31.0 Å². The Morgan fingerprint density at radius 3 is 1.30 bits per heavy atom. The van der Waals surface area contributed by atoms with E-state index in [1.165, 1.54) is 36.4 Å². The van der Waals surface area contributed by atoms with Crippen molar-refractivity contribution in [3.8, 4) is 33.8 Å². The molecule has 14 heteroatoms. The molecule has 0 saturated carbocycles. The molecule has 0 bridgehead atoms. The fourth-order valence-electron chi connectivity index (χ4n) is 5.38. The Hall–Kier alpha value is -5.51. The van der Waals surface area contributed by atoms with Crippen LogP contribution in [0.15, 0.2) is 78.9 Å². The lowest BCUT2D eigenvalue weighted by Crippen LogP contribution is -2.08. The third kappa shape index (κ3) is 13.8. The van der Waals surface area contributed by atoms with Gasteiger partial charge < -0.3 is 16.0 Å². The summed E-state index contributed by atoms with van der Waals surface area (Å²) >= 11 is 2.25. The van der Waals surface area contributed by atoms with Crippen molar-refractivity contribution in [1.29, 1.82) is 0 Å². The topological polar surface area (TPSA) is 130 Å². The molecule has 60 heavy (non-hydrogen) atoms. The van der Waals surface area contributed by atoms with Gasteiger partial charge in [0.1, 0.15) is 17.5 Å². The van der Waals surface area contributed by atoms with E-state index in [4.69, 9.17) is 0 Å². The van der Waals surface area contributed by atoms with Gasteiger partial charge in [-0.05, 0) is 119 Å². The molecular formula is C46H59F3IN9O. The van der Waals surface area contributed by atoms with Gasteiger partial charge in [0.25, 0.3) is 0 Å². The monoisotopic (exact) mass is 937 g/mol. The van der Waals surface area contributed by atoms with Gasteiger partial charge >= 0.3 is 0 Å². The predicted octanol–water partition coefficient (Wildman–Crippen LogP) is 12.7. The van der Waals surface area contributed by atoms with Crippen LogP contribution < -0.4 is 16.0 Å². The first-order valence-corrected chi connectivity index (χ1v) is 19.4. The zero-order valence-corrected chi connectivity index (χ0v) is 35.6. The maximum Gasteiger partial charge on any atom is 0.223 e. The second-order valence-electron chi connectivity index (χ2n) is 13.6. The van der Waals surface area contributed by atoms with Crippen LogP contribution >= 0.6 is 22.6 Å². The van der Waals surface area contributed by atoms with Crippen LogP contribution in [0.2, 0.25) is 0 Å². The van der Waals surface area contributed by atoms with Crippen molar-refractivity contribution < 1.29 is 18.0 Å². The van der Waals surface area contributed by atoms with Crippen LogP contribution in [0.25, 0.3) is 33.8 Å². The highest BCUT2D eigenvalue weighted by atomic mass is 127. The molecule has 0 radical (unpaired) electrons. The summed E-state index contributed by atoms with van der Waals surface area (Å²) in [6.07, 6.45) is 0.757. The SMILES string of the molecule is C.C.C.CNc1nc(-c2ccc(F)cc2)c(C=O)c(C(C)C)n1.CNc1nc(-c2ccc(F)cc2)c(I)c(C(C)C)n1.CNc1nc(-c2ccc(F)cc2)cc(C(C)C)n1. The van der Waals surface area contributed by atoms with Gasteiger partial charge in [-0.15, -0.1) is 0 Å². The number of benzene rings is 3. The van der Waals surface area contributed by atoms with Crippen LogP contribution in [-0.4, -0.2) is 57.3 Å². The number of aldehydes is 1. The molecule has 0 aliphatic carbocycles. The van der Waals surface area contributed by atoms with Crippen LogP contribution in [0.1, 0.15) is 109 Å². The van der Waals surface area contributed by atoms with Gasteiger partial charge in [0.15, 0.2) is 6.29 Å². The molecular weight excluding hydrogens is 878 g/mol. The number of halogens is 4. The van der Waals surface area contributed by atoms with Gasteiger partial charge in [-0.25, -0.2) is 43.1 Å². The van der Waals surface area contributed by atoms with Crippen molar-refractivity contribution in [2.24, 2.45) is 0 Å². The second kappa shape index (κ2) is 24.5. The highest BCUT2D eigenvalue weighted by Crippen LogP contribution is 2.31. The van der Waals surface area contributed by atoms with Crippen LogP contribution in [0, 0.1) is 21.0 Å². The van der Waals surface area contributed by atoms with Crippen molar-refractivity contribution >= 4 is 46.7 Å². The Kier molecular flexibility index (Phi) is 21.5. The summed E-state index contributed by atoms with van der Waals surface area (Å²) in [7, 11) is 5.29. The van der Waals surface area contributed by atoms with E-state index in [-0.39, 0.29) is 45.6 Å². The molecule has 3 N–H and O–H groups in total. The average Bonchev–Trinajstić information content (AvgIpc) is 3.21. The quantitative estimate of drug-likeness (QED) is 0.0901. The van der Waals surface area contributed by atoms with Crippen molar-refractivity contribution in [3.05, 3.63) is 123 Å². The standard InChI is InChI=1S/C15H16FN3O.C14H15FIN3.C14H16FN3.3CH4/c1-9(2)13-12(8-20)14(19-15(17-3)18-13)10-4-6-11(16)7-5-10;1-8(2)12-11(16)13(19-14(17-3)18-12)9-4-6-10(15)7-5-9;1-9(2)12-8-13(18-14(16-3)17-12)10-4-6-11(15)7-5-10;;;/h4-9H,1-3H3,(H,17,18,19);4-8H,1-3H3,(H,17,18,19);4-9H,1-3H3,(H,16,17,18);3*1H4. The molecule has 322 valence electrons. The van der Waals surface area contributed by atoms with E-state index < -0.39 is 0 Å². The Labute approximate surface area is 367 Å². The van der Waals surface area contributed by atoms with Crippen molar-refractivity contribution in [2.45, 2.75) is 81.6 Å². The van der Waals surface area contributed by atoms with Crippen molar-refractivity contribution in [2.75, 3.05) is 37.1 Å². The summed E-state index contributed by atoms with van der Waals surface area (Å²) in [5, 5.41) is 8.80. The van der Waals surface area contributed by atoms with E-state index >= 15 is 0 Å². The number of hydrogen-bond donors (Lipinski definition) is 3. The molecule has 3 aromatic heterocycles. The summed E-state index contributed by atoms with van der Waals surface area (Å²) in [4.78, 5) is 37.8. The minimum atomic E-state index is -0.326. The van der Waals surface area contributed by atoms with Crippen LogP contribution in [0.3, 0.4) is 0 Å². The molecule has 0 atom stereocenters. The first kappa shape index (κ1) is 52.5. The second-order valence-corrected chi connectivity index (χ2v) is 14.7. The normalized spacial score (nSPS) is 10.2. The van der Waals surface area contributed by atoms with Crippen LogP contribution in [0.5, 0.6) is 0 Å². The maximum absolute atomic E-state index is 13.0. The Morgan fingerprint density at radius 1 is 0.517 bits per heavy atom. The first-order valence-electron chi connectivity index (χ1n) is 18.3. The van der Waals surface area contributed by atoms with E-state index in [2.05, 4.69) is 96.1 Å². The number of carbonyl (C=O) groups is 1. The molecule has 0 unspecified atom stereocenters. The molecule has 3 aromatic carbocycles. The smallest absolute Gasteiger partial charge is 0.223 e. The minimum absolute atomic E-state index is 0. The lowest BCUT2D eigenvalue weighted by atomic mass is 9.99. The van der Waals surface area contributed by atoms with Gasteiger partial charge in [-0.1, -0.05) is 63.8 Å². The first-order chi connectivity index (χ1) is 27.2. The van der Waals surface area contributed by atoms with E-state index in [0.717, 1.165) is 43.8 Å². The zero-order chi connectivity index (χ0) is 41.8. The molecule has 10 nitrogen and oxygen atoms in total. The van der Waals surface area contributed by atoms with Crippen molar-refractivity contribution in [3.63, 3.8) is 0 Å². The van der Waals surface area contributed by atoms with Crippen LogP contribution in [-0.2, 0) is 0 Å². The Balaban J connectivity index is 0.000000440. The lowest BCUT2D eigenvalue weighted by Gasteiger charge is -2.14. The number of nitrogens with zero attached hydrogens (tertiary/aromatic N) is 6. The number of anilines is 3. The van der Waals surface area contributed by atoms with Gasteiger partial charge in [-0.3, -0.25) is 4.79 Å². The average molecular weight is 938 g/mol. The van der Waals surface area contributed by atoms with E-state index in [1.807, 2.05) is 19.9 Å². The fraction of sp³-hybridized carbons (Fsp3) is 0.326. The highest BCUT2D eigenvalue weighted by molar-refractivity contribution is 14.1. The summed E-state index contributed by atoms with van der Waals surface area (Å²) in [6, 6.07) is 20.5. The zero-order valence-electron chi connectivity index (χ0n) is 33.4. The molecule has 0 aliphatic rings. The molecule has 3 heterocycles. The third-order valence-corrected chi connectivity index (χ3v) is 9.51. The molecule has 0 aliphatic heterocycles. The number of nitrogens with one attached hydrogen (secondary N) is 3. The van der Waals surface area contributed by atoms with E-state index in [0.29, 0.717) is 52.2 Å². The maximum atomic E-state index is 13.0. The van der Waals surface area contributed by atoms with Gasteiger partial charge in [-0.2, -0.15) is 0 Å². The molecule has 6 rings (SSSR count). The molecule has 0 spiro atoms. The summed E-state index contributed by atoms with van der Waals surface area (Å²) < 4.78 is 40.0. The Morgan fingerprint density at radius 2 is 0.900 bits per heavy atom. The minimum Gasteiger partial charge on any atom is -0.357 e. The van der Waals surface area contributed by atoms with E-state index in [9.17, 15) is 18.0 Å². The van der Waals surface area contributed by atoms with Crippen molar-refractivity contribution in [1.82, 2.24) is 29.9 Å². The largest absolute Gasteiger partial charge is 0.357 e. The summed E-state index contributed by atoms with van der Waals surface area (Å²) in [5.41, 5.74) is 7.72. The highest BCUT2D eigenvalue weighted by Gasteiger charge is 2.18. The Bertz CT molecular complexity index is 2250. The molecule has 0 fully saturated rings. The molecule has 6 aromatic rings. The van der Waals surface area contributed by atoms with Gasteiger partial charge in [0.2, 0.25) is 17.8 Å². The summed E-state index contributed by atoms with van der Waals surface area (Å²) in [5.74, 6) is 1.51. The van der Waals surface area contributed by atoms with Gasteiger partial charge in [0, 0.05) is 43.5 Å². The summed E-state index contributed by atoms with van der Waals surface area (Å²) in [6.45, 7) is 12.3. The fourth-order valence-corrected chi connectivity index (χ4v) is 6.56. The molecule has 0 amide bonds. The number of hydrogen-bond acceptors (Lipinski definition) is 10. The predicted molar refractivity (Wildman–Crippen MR) is 251 cm³/mol. The van der Waals surface area contributed by atoms with E-state index in [1.54, 1.807) is 57.5 Å². The number of aromatic nitrogens is 6.